The number of hydrogen-bond donors (Lipinski definition) is 0. The van der Waals surface area contributed by atoms with E-state index in [0.717, 1.165) is 13.0 Å². The fourth-order valence-corrected chi connectivity index (χ4v) is 2.43. The molecule has 3 aromatic rings. The van der Waals surface area contributed by atoms with Crippen LogP contribution < -0.4 is 0 Å². The molecule has 1 heteroatoms. The lowest BCUT2D eigenvalue weighted by molar-refractivity contribution is 0.662. The molecule has 0 aliphatic carbocycles. The van der Waals surface area contributed by atoms with E-state index in [1.54, 1.807) is 0 Å². The summed E-state index contributed by atoms with van der Waals surface area (Å²) < 4.78 is 2.35. The number of fused-ring (bicyclic) bond motifs is 1. The Morgan fingerprint density at radius 1 is 0.778 bits per heavy atom. The quantitative estimate of drug-likeness (QED) is 0.636. The van der Waals surface area contributed by atoms with Gasteiger partial charge in [-0.3, -0.25) is 0 Å². The van der Waals surface area contributed by atoms with Gasteiger partial charge < -0.3 is 4.57 Å². The fourth-order valence-electron chi connectivity index (χ4n) is 2.43. The van der Waals surface area contributed by atoms with Gasteiger partial charge in [0.15, 0.2) is 0 Å². The highest BCUT2D eigenvalue weighted by atomic mass is 14.9. The number of aryl methyl sites for hydroxylation is 2. The summed E-state index contributed by atoms with van der Waals surface area (Å²) in [5, 5.41) is 1.33. The zero-order valence-corrected chi connectivity index (χ0v) is 10.4. The number of benzene rings is 2. The van der Waals surface area contributed by atoms with Crippen molar-refractivity contribution in [3.05, 3.63) is 72.4 Å². The van der Waals surface area contributed by atoms with Crippen LogP contribution >= 0.6 is 0 Å². The van der Waals surface area contributed by atoms with Gasteiger partial charge in [0.2, 0.25) is 0 Å². The van der Waals surface area contributed by atoms with Crippen molar-refractivity contribution in [1.29, 1.82) is 0 Å². The van der Waals surface area contributed by atoms with Crippen LogP contribution in [0.3, 0.4) is 0 Å². The van der Waals surface area contributed by atoms with Gasteiger partial charge in [-0.1, -0.05) is 48.5 Å². The van der Waals surface area contributed by atoms with Gasteiger partial charge >= 0.3 is 0 Å². The van der Waals surface area contributed by atoms with Crippen molar-refractivity contribution in [2.24, 2.45) is 0 Å². The van der Waals surface area contributed by atoms with E-state index in [1.165, 1.54) is 22.9 Å². The molecule has 1 heterocycles. The maximum atomic E-state index is 2.35. The minimum Gasteiger partial charge on any atom is -0.347 e. The summed E-state index contributed by atoms with van der Waals surface area (Å²) in [6, 6.07) is 21.5. The topological polar surface area (TPSA) is 4.93 Å². The number of rotatable bonds is 4. The summed E-state index contributed by atoms with van der Waals surface area (Å²) in [5.41, 5.74) is 2.76. The number of aromatic nitrogens is 1. The highest BCUT2D eigenvalue weighted by Crippen LogP contribution is 2.15. The molecular formula is C17H17N. The molecule has 90 valence electrons. The summed E-state index contributed by atoms with van der Waals surface area (Å²) in [5.74, 6) is 0. The first kappa shape index (κ1) is 11.1. The molecule has 0 N–H and O–H groups in total. The lowest BCUT2D eigenvalue weighted by Crippen LogP contribution is -1.97. The zero-order valence-electron chi connectivity index (χ0n) is 10.4. The average Bonchev–Trinajstić information content (AvgIpc) is 2.84. The summed E-state index contributed by atoms with van der Waals surface area (Å²) >= 11 is 0. The first-order valence-electron chi connectivity index (χ1n) is 6.51. The summed E-state index contributed by atoms with van der Waals surface area (Å²) in [6.07, 6.45) is 4.52. The Hall–Kier alpha value is -2.02. The predicted octanol–water partition coefficient (Wildman–Crippen LogP) is 4.27. The molecule has 0 aliphatic rings. The lowest BCUT2D eigenvalue weighted by atomic mass is 10.1. The van der Waals surface area contributed by atoms with Crippen molar-refractivity contribution < 1.29 is 0 Å². The number of hydrogen-bond acceptors (Lipinski definition) is 0. The van der Waals surface area contributed by atoms with Crippen LogP contribution in [0.4, 0.5) is 0 Å². The molecule has 2 aromatic carbocycles. The minimum absolute atomic E-state index is 1.09. The molecule has 3 rings (SSSR count). The largest absolute Gasteiger partial charge is 0.347 e. The molecule has 0 unspecified atom stereocenters. The molecule has 18 heavy (non-hydrogen) atoms. The summed E-state index contributed by atoms with van der Waals surface area (Å²) in [7, 11) is 0. The molecule has 0 fully saturated rings. The van der Waals surface area contributed by atoms with Crippen molar-refractivity contribution in [2.75, 3.05) is 0 Å². The maximum absolute atomic E-state index is 2.35. The Kier molecular flexibility index (Phi) is 3.14. The Labute approximate surface area is 108 Å². The van der Waals surface area contributed by atoms with E-state index >= 15 is 0 Å². The van der Waals surface area contributed by atoms with E-state index in [1.807, 2.05) is 0 Å². The standard InChI is InChI=1S/C17H17N/c1-2-7-15(8-3-1)9-6-13-18-14-12-16-10-4-5-11-17(16)18/h1-5,7-8,10-12,14H,6,9,13H2. The van der Waals surface area contributed by atoms with Gasteiger partial charge in [0.05, 0.1) is 0 Å². The number of nitrogens with zero attached hydrogens (tertiary/aromatic N) is 1. The van der Waals surface area contributed by atoms with Gasteiger partial charge in [-0.15, -0.1) is 0 Å². The Morgan fingerprint density at radius 2 is 1.56 bits per heavy atom. The van der Waals surface area contributed by atoms with Crippen molar-refractivity contribution >= 4 is 10.9 Å². The first-order chi connectivity index (χ1) is 8.93. The molecule has 0 saturated carbocycles. The molecular weight excluding hydrogens is 218 g/mol. The maximum Gasteiger partial charge on any atom is 0.0480 e. The van der Waals surface area contributed by atoms with E-state index in [9.17, 15) is 0 Å². The van der Waals surface area contributed by atoms with Crippen LogP contribution in [0.2, 0.25) is 0 Å². The van der Waals surface area contributed by atoms with Gasteiger partial charge in [0.25, 0.3) is 0 Å². The zero-order chi connectivity index (χ0) is 12.2. The van der Waals surface area contributed by atoms with Gasteiger partial charge in [-0.25, -0.2) is 0 Å². The van der Waals surface area contributed by atoms with Gasteiger partial charge in [-0.05, 0) is 35.9 Å². The Balaban J connectivity index is 1.67. The van der Waals surface area contributed by atoms with E-state index in [0.29, 0.717) is 0 Å². The van der Waals surface area contributed by atoms with Crippen molar-refractivity contribution in [1.82, 2.24) is 4.57 Å². The third kappa shape index (κ3) is 2.30. The third-order valence-corrected chi connectivity index (χ3v) is 3.39. The highest BCUT2D eigenvalue weighted by molar-refractivity contribution is 5.79. The molecule has 1 nitrogen and oxygen atoms in total. The van der Waals surface area contributed by atoms with Crippen LogP contribution in [0.25, 0.3) is 10.9 Å². The van der Waals surface area contributed by atoms with Crippen LogP contribution in [0, 0.1) is 0 Å². The Bertz CT molecular complexity index is 622. The monoisotopic (exact) mass is 235 g/mol. The van der Waals surface area contributed by atoms with Crippen LogP contribution in [-0.4, -0.2) is 4.57 Å². The van der Waals surface area contributed by atoms with E-state index in [-0.39, 0.29) is 0 Å². The minimum atomic E-state index is 1.09. The average molecular weight is 235 g/mol. The molecule has 0 amide bonds. The SMILES string of the molecule is c1ccc(CCCn2ccc3ccccc32)cc1. The van der Waals surface area contributed by atoms with Crippen LogP contribution in [0.5, 0.6) is 0 Å². The van der Waals surface area contributed by atoms with Crippen LogP contribution in [0.15, 0.2) is 66.9 Å². The molecule has 0 saturated heterocycles. The van der Waals surface area contributed by atoms with Crippen molar-refractivity contribution in [2.45, 2.75) is 19.4 Å². The third-order valence-electron chi connectivity index (χ3n) is 3.39. The van der Waals surface area contributed by atoms with Crippen molar-refractivity contribution in [3.63, 3.8) is 0 Å². The smallest absolute Gasteiger partial charge is 0.0480 e. The molecule has 0 atom stereocenters. The van der Waals surface area contributed by atoms with Gasteiger partial charge in [-0.2, -0.15) is 0 Å². The van der Waals surface area contributed by atoms with Crippen molar-refractivity contribution in [3.8, 4) is 0 Å². The Morgan fingerprint density at radius 3 is 2.44 bits per heavy atom. The lowest BCUT2D eigenvalue weighted by Gasteiger charge is -2.05. The second-order valence-electron chi connectivity index (χ2n) is 4.66. The molecule has 1 aromatic heterocycles. The molecule has 0 bridgehead atoms. The fraction of sp³-hybridized carbons (Fsp3) is 0.176. The second kappa shape index (κ2) is 5.09. The first-order valence-corrected chi connectivity index (χ1v) is 6.51. The number of para-hydroxylation sites is 1. The van der Waals surface area contributed by atoms with E-state index in [4.69, 9.17) is 0 Å². The van der Waals surface area contributed by atoms with Crippen LogP contribution in [0.1, 0.15) is 12.0 Å². The van der Waals surface area contributed by atoms with Gasteiger partial charge in [0.1, 0.15) is 0 Å². The molecule has 0 aliphatic heterocycles. The van der Waals surface area contributed by atoms with E-state index < -0.39 is 0 Å². The van der Waals surface area contributed by atoms with Gasteiger partial charge in [0, 0.05) is 18.3 Å². The van der Waals surface area contributed by atoms with E-state index in [2.05, 4.69) is 71.4 Å². The van der Waals surface area contributed by atoms with Crippen LogP contribution in [-0.2, 0) is 13.0 Å². The molecule has 0 radical (unpaired) electrons. The summed E-state index contributed by atoms with van der Waals surface area (Å²) in [6.45, 7) is 1.09. The second-order valence-corrected chi connectivity index (χ2v) is 4.66. The molecule has 0 spiro atoms. The summed E-state index contributed by atoms with van der Waals surface area (Å²) in [4.78, 5) is 0. The normalized spacial score (nSPS) is 10.9. The predicted molar refractivity (Wildman–Crippen MR) is 76.7 cm³/mol. The highest BCUT2D eigenvalue weighted by Gasteiger charge is 1.99.